The normalized spacial score (nSPS) is 51.4. The smallest absolute Gasteiger partial charge is 0.0543 e. The monoisotopic (exact) mass is 360 g/mol. The molecule has 0 aromatic carbocycles. The van der Waals surface area contributed by atoms with Crippen LogP contribution in [0.2, 0.25) is 0 Å². The second kappa shape index (κ2) is 6.92. The molecule has 0 aromatic heterocycles. The topological polar surface area (TPSA) is 40.5 Å². The minimum Gasteiger partial charge on any atom is -0.396 e. The van der Waals surface area contributed by atoms with Gasteiger partial charge in [-0.05, 0) is 104 Å². The van der Waals surface area contributed by atoms with E-state index in [1.807, 2.05) is 0 Å². The number of fused-ring (bicyclic) bond motifs is 5. The lowest BCUT2D eigenvalue weighted by Crippen LogP contribution is -2.52. The first-order valence-corrected chi connectivity index (χ1v) is 11.4. The third-order valence-corrected chi connectivity index (χ3v) is 9.65. The first kappa shape index (κ1) is 19.0. The van der Waals surface area contributed by atoms with E-state index < -0.39 is 0 Å². The van der Waals surface area contributed by atoms with Gasteiger partial charge in [-0.25, -0.2) is 0 Å². The number of hydrogen-bond acceptors (Lipinski definition) is 2. The number of aliphatic hydroxyl groups excluding tert-OH is 2. The van der Waals surface area contributed by atoms with Crippen molar-refractivity contribution >= 4 is 0 Å². The fraction of sp³-hybridized carbons (Fsp3) is 0.917. The first-order valence-electron chi connectivity index (χ1n) is 11.4. The van der Waals surface area contributed by atoms with Crippen LogP contribution in [0.1, 0.15) is 78.6 Å². The van der Waals surface area contributed by atoms with E-state index >= 15 is 0 Å². The summed E-state index contributed by atoms with van der Waals surface area (Å²) in [5, 5.41) is 19.4. The highest BCUT2D eigenvalue weighted by atomic mass is 16.3. The van der Waals surface area contributed by atoms with Crippen LogP contribution in [0.25, 0.3) is 0 Å². The van der Waals surface area contributed by atoms with Gasteiger partial charge in [0.05, 0.1) is 6.10 Å². The predicted molar refractivity (Wildman–Crippen MR) is 107 cm³/mol. The molecular weight excluding hydrogens is 320 g/mol. The van der Waals surface area contributed by atoms with Crippen LogP contribution in [0.5, 0.6) is 0 Å². The van der Waals surface area contributed by atoms with Crippen LogP contribution in [0.4, 0.5) is 0 Å². The lowest BCUT2D eigenvalue weighted by molar-refractivity contribution is -0.0822. The van der Waals surface area contributed by atoms with Crippen LogP contribution >= 0.6 is 0 Å². The van der Waals surface area contributed by atoms with Crippen molar-refractivity contribution < 1.29 is 10.2 Å². The predicted octanol–water partition coefficient (Wildman–Crippen LogP) is 5.19. The van der Waals surface area contributed by atoms with Crippen LogP contribution in [0.15, 0.2) is 12.2 Å². The minimum absolute atomic E-state index is 0.0503. The molecule has 0 aromatic rings. The zero-order valence-electron chi connectivity index (χ0n) is 17.2. The summed E-state index contributed by atoms with van der Waals surface area (Å²) >= 11 is 0. The third kappa shape index (κ3) is 2.82. The molecule has 0 aliphatic heterocycles. The Labute approximate surface area is 160 Å². The van der Waals surface area contributed by atoms with Crippen molar-refractivity contribution in [2.75, 3.05) is 6.61 Å². The zero-order chi connectivity index (χ0) is 18.5. The Kier molecular flexibility index (Phi) is 5.06. The van der Waals surface area contributed by atoms with Gasteiger partial charge < -0.3 is 10.2 Å². The highest BCUT2D eigenvalue weighted by Gasteiger charge is 2.58. The van der Waals surface area contributed by atoms with E-state index in [-0.39, 0.29) is 6.10 Å². The van der Waals surface area contributed by atoms with Crippen molar-refractivity contribution in [1.29, 1.82) is 0 Å². The molecule has 6 unspecified atom stereocenters. The molecule has 4 aliphatic rings. The van der Waals surface area contributed by atoms with Crippen LogP contribution in [0.3, 0.4) is 0 Å². The average molecular weight is 361 g/mol. The van der Waals surface area contributed by atoms with Crippen molar-refractivity contribution in [3.63, 3.8) is 0 Å². The summed E-state index contributed by atoms with van der Waals surface area (Å²) < 4.78 is 0. The molecule has 0 amide bonds. The summed E-state index contributed by atoms with van der Waals surface area (Å²) in [6.45, 7) is 7.86. The molecular formula is C24H40O2. The summed E-state index contributed by atoms with van der Waals surface area (Å²) in [5.74, 6) is 4.67. The maximum Gasteiger partial charge on any atom is 0.0543 e. The van der Waals surface area contributed by atoms with Gasteiger partial charge in [0.15, 0.2) is 0 Å². The van der Waals surface area contributed by atoms with Gasteiger partial charge in [0.2, 0.25) is 0 Å². The molecule has 4 aliphatic carbocycles. The molecule has 3 saturated carbocycles. The molecule has 4 rings (SSSR count). The molecule has 0 heterocycles. The Morgan fingerprint density at radius 1 is 1.12 bits per heavy atom. The van der Waals surface area contributed by atoms with Crippen LogP contribution in [0, 0.1) is 46.3 Å². The molecule has 0 bridgehead atoms. The van der Waals surface area contributed by atoms with Gasteiger partial charge in [-0.3, -0.25) is 0 Å². The number of aliphatic hydroxyl groups is 2. The Hall–Kier alpha value is -0.340. The fourth-order valence-corrected chi connectivity index (χ4v) is 8.16. The Morgan fingerprint density at radius 2 is 1.92 bits per heavy atom. The third-order valence-electron chi connectivity index (χ3n) is 9.65. The SMILES string of the molecule is C[C@H](CCCO)C1CCC2C3CC[C@H]4C[C@H](O)CCC4(C)C3C=CC21C. The maximum absolute atomic E-state index is 10.2. The van der Waals surface area contributed by atoms with E-state index in [1.54, 1.807) is 0 Å². The molecule has 0 radical (unpaired) electrons. The highest BCUT2D eigenvalue weighted by Crippen LogP contribution is 2.66. The summed E-state index contributed by atoms with van der Waals surface area (Å²) in [4.78, 5) is 0. The summed E-state index contributed by atoms with van der Waals surface area (Å²) in [7, 11) is 0. The fourth-order valence-electron chi connectivity index (χ4n) is 8.16. The molecule has 148 valence electrons. The first-order chi connectivity index (χ1) is 12.4. The lowest BCUT2D eigenvalue weighted by Gasteiger charge is -2.58. The number of hydrogen-bond donors (Lipinski definition) is 2. The summed E-state index contributed by atoms with van der Waals surface area (Å²) in [6, 6.07) is 0. The van der Waals surface area contributed by atoms with Crippen LogP contribution < -0.4 is 0 Å². The van der Waals surface area contributed by atoms with E-state index in [2.05, 4.69) is 32.9 Å². The van der Waals surface area contributed by atoms with Gasteiger partial charge in [0.1, 0.15) is 0 Å². The van der Waals surface area contributed by atoms with E-state index in [4.69, 9.17) is 0 Å². The van der Waals surface area contributed by atoms with Gasteiger partial charge >= 0.3 is 0 Å². The lowest BCUT2D eigenvalue weighted by atomic mass is 9.46. The quantitative estimate of drug-likeness (QED) is 0.677. The summed E-state index contributed by atoms with van der Waals surface area (Å²) in [5.41, 5.74) is 0.786. The van der Waals surface area contributed by atoms with Gasteiger partial charge in [-0.1, -0.05) is 32.9 Å². The van der Waals surface area contributed by atoms with Crippen molar-refractivity contribution in [2.45, 2.75) is 84.7 Å². The summed E-state index contributed by atoms with van der Waals surface area (Å²) in [6.07, 6.45) is 16.1. The number of allylic oxidation sites excluding steroid dienone is 2. The van der Waals surface area contributed by atoms with Gasteiger partial charge in [0.25, 0.3) is 0 Å². The van der Waals surface area contributed by atoms with Crippen molar-refractivity contribution in [2.24, 2.45) is 46.3 Å². The van der Waals surface area contributed by atoms with Crippen LogP contribution in [-0.4, -0.2) is 22.9 Å². The van der Waals surface area contributed by atoms with Crippen molar-refractivity contribution in [3.05, 3.63) is 12.2 Å². The van der Waals surface area contributed by atoms with Gasteiger partial charge in [0, 0.05) is 6.61 Å². The Morgan fingerprint density at radius 3 is 2.69 bits per heavy atom. The van der Waals surface area contributed by atoms with Crippen LogP contribution in [-0.2, 0) is 0 Å². The standard InChI is InChI=1S/C24H40O2/c1-16(5-4-14-25)20-8-9-21-19-7-6-17-15-18(26)10-12-23(17,2)22(19)11-13-24(20,21)3/h11,13,16-22,25-26H,4-10,12,14-15H2,1-3H3/t16-,17+,18-,19?,20?,21?,22?,23?,24?/m1/s1. The molecule has 3 fully saturated rings. The Balaban J connectivity index is 1.58. The van der Waals surface area contributed by atoms with Crippen molar-refractivity contribution in [1.82, 2.24) is 0 Å². The number of rotatable bonds is 4. The van der Waals surface area contributed by atoms with Crippen molar-refractivity contribution in [3.8, 4) is 0 Å². The van der Waals surface area contributed by atoms with E-state index in [0.29, 0.717) is 17.4 Å². The second-order valence-corrected chi connectivity index (χ2v) is 10.8. The molecule has 9 atom stereocenters. The van der Waals surface area contributed by atoms with Gasteiger partial charge in [-0.15, -0.1) is 0 Å². The van der Waals surface area contributed by atoms with Gasteiger partial charge in [-0.2, -0.15) is 0 Å². The minimum atomic E-state index is -0.0503. The highest BCUT2D eigenvalue weighted by molar-refractivity contribution is 5.20. The second-order valence-electron chi connectivity index (χ2n) is 10.8. The Bertz CT molecular complexity index is 542. The van der Waals surface area contributed by atoms with E-state index in [0.717, 1.165) is 54.8 Å². The average Bonchev–Trinajstić information content (AvgIpc) is 2.97. The molecule has 2 nitrogen and oxygen atoms in total. The largest absolute Gasteiger partial charge is 0.396 e. The molecule has 2 heteroatoms. The van der Waals surface area contributed by atoms with E-state index in [1.165, 1.54) is 38.5 Å². The molecule has 0 saturated heterocycles. The maximum atomic E-state index is 10.2. The molecule has 0 spiro atoms. The zero-order valence-corrected chi connectivity index (χ0v) is 17.2. The van der Waals surface area contributed by atoms with E-state index in [9.17, 15) is 10.2 Å². The molecule has 26 heavy (non-hydrogen) atoms. The molecule has 2 N–H and O–H groups in total.